The highest BCUT2D eigenvalue weighted by Crippen LogP contribution is 2.10. The summed E-state index contributed by atoms with van der Waals surface area (Å²) in [5.41, 5.74) is 3.76. The molecule has 0 radical (unpaired) electrons. The maximum absolute atomic E-state index is 5.36. The molecule has 4 heteroatoms. The molecule has 3 N–H and O–H groups in total. The smallest absolute Gasteiger partial charge is 0.119 e. The number of aryl methyl sites for hydroxylation is 1. The van der Waals surface area contributed by atoms with Gasteiger partial charge in [0.15, 0.2) is 0 Å². The first-order chi connectivity index (χ1) is 5.83. The number of nitrogens with one attached hydrogen (secondary N) is 1. The molecule has 1 aromatic carbocycles. The van der Waals surface area contributed by atoms with E-state index in [-0.39, 0.29) is 12.4 Å². The molecule has 0 unspecified atom stereocenters. The first-order valence-electron chi connectivity index (χ1n) is 3.96. The molecule has 0 saturated carbocycles. The van der Waals surface area contributed by atoms with Crippen LogP contribution in [-0.2, 0) is 0 Å². The maximum Gasteiger partial charge on any atom is 0.119 e. The predicted molar refractivity (Wildman–Crippen MR) is 56.1 cm³/mol. The fourth-order valence-electron chi connectivity index (χ4n) is 0.862. The molecule has 0 aromatic heterocycles. The SMILES string of the molecule is Cc1ccc(OCCNN)cc1.Cl. The number of nitrogens with two attached hydrogens (primary N) is 1. The van der Waals surface area contributed by atoms with Gasteiger partial charge in [-0.25, -0.2) is 0 Å². The summed E-state index contributed by atoms with van der Waals surface area (Å²) in [4.78, 5) is 0. The third-order valence-electron chi connectivity index (χ3n) is 1.54. The molecule has 0 bridgehead atoms. The molecule has 0 amide bonds. The Hall–Kier alpha value is -0.770. The van der Waals surface area contributed by atoms with Gasteiger partial charge in [-0.15, -0.1) is 12.4 Å². The van der Waals surface area contributed by atoms with Crippen molar-refractivity contribution in [3.63, 3.8) is 0 Å². The molecule has 0 spiro atoms. The Morgan fingerprint density at radius 1 is 1.31 bits per heavy atom. The van der Waals surface area contributed by atoms with E-state index >= 15 is 0 Å². The van der Waals surface area contributed by atoms with Gasteiger partial charge in [-0.1, -0.05) is 17.7 Å². The largest absolute Gasteiger partial charge is 0.492 e. The fraction of sp³-hybridized carbons (Fsp3) is 0.333. The van der Waals surface area contributed by atoms with Gasteiger partial charge in [0.2, 0.25) is 0 Å². The Morgan fingerprint density at radius 2 is 1.92 bits per heavy atom. The van der Waals surface area contributed by atoms with Crippen LogP contribution >= 0.6 is 12.4 Å². The predicted octanol–water partition coefficient (Wildman–Crippen LogP) is 1.26. The van der Waals surface area contributed by atoms with E-state index in [0.717, 1.165) is 5.75 Å². The second-order valence-corrected chi connectivity index (χ2v) is 2.62. The minimum Gasteiger partial charge on any atom is -0.492 e. The van der Waals surface area contributed by atoms with Crippen molar-refractivity contribution in [2.24, 2.45) is 5.84 Å². The van der Waals surface area contributed by atoms with Gasteiger partial charge in [0.1, 0.15) is 12.4 Å². The number of hydrazine groups is 1. The molecule has 1 rings (SSSR count). The summed E-state index contributed by atoms with van der Waals surface area (Å²) in [7, 11) is 0. The molecule has 0 heterocycles. The van der Waals surface area contributed by atoms with Gasteiger partial charge >= 0.3 is 0 Å². The van der Waals surface area contributed by atoms with Crippen LogP contribution in [0.5, 0.6) is 5.75 Å². The van der Waals surface area contributed by atoms with Crippen LogP contribution in [0.4, 0.5) is 0 Å². The van der Waals surface area contributed by atoms with Gasteiger partial charge in [-0.05, 0) is 19.1 Å². The van der Waals surface area contributed by atoms with Crippen LogP contribution in [0.25, 0.3) is 0 Å². The van der Waals surface area contributed by atoms with Crippen molar-refractivity contribution in [2.75, 3.05) is 13.2 Å². The highest BCUT2D eigenvalue weighted by Gasteiger charge is 1.90. The van der Waals surface area contributed by atoms with Crippen molar-refractivity contribution in [3.8, 4) is 5.75 Å². The molecular formula is C9H15ClN2O. The molecule has 0 aliphatic rings. The molecule has 1 aromatic rings. The van der Waals surface area contributed by atoms with E-state index < -0.39 is 0 Å². The summed E-state index contributed by atoms with van der Waals surface area (Å²) in [6, 6.07) is 7.94. The quantitative estimate of drug-likeness (QED) is 0.439. The van der Waals surface area contributed by atoms with E-state index in [1.54, 1.807) is 0 Å². The number of rotatable bonds is 4. The summed E-state index contributed by atoms with van der Waals surface area (Å²) >= 11 is 0. The van der Waals surface area contributed by atoms with Gasteiger partial charge in [0.25, 0.3) is 0 Å². The number of halogens is 1. The van der Waals surface area contributed by atoms with E-state index in [4.69, 9.17) is 10.6 Å². The van der Waals surface area contributed by atoms with Crippen LogP contribution in [-0.4, -0.2) is 13.2 Å². The summed E-state index contributed by atoms with van der Waals surface area (Å²) in [6.07, 6.45) is 0. The molecule has 3 nitrogen and oxygen atoms in total. The Bertz CT molecular complexity index is 226. The molecule has 0 aliphatic heterocycles. The van der Waals surface area contributed by atoms with Gasteiger partial charge < -0.3 is 4.74 Å². The van der Waals surface area contributed by atoms with Crippen LogP contribution < -0.4 is 16.0 Å². The normalized spacial score (nSPS) is 9.08. The van der Waals surface area contributed by atoms with E-state index in [1.807, 2.05) is 31.2 Å². The zero-order valence-electron chi connectivity index (χ0n) is 7.62. The van der Waals surface area contributed by atoms with Gasteiger partial charge in [-0.3, -0.25) is 11.3 Å². The van der Waals surface area contributed by atoms with Crippen LogP contribution in [0.3, 0.4) is 0 Å². The molecule has 13 heavy (non-hydrogen) atoms. The first kappa shape index (κ1) is 12.2. The Morgan fingerprint density at radius 3 is 2.46 bits per heavy atom. The van der Waals surface area contributed by atoms with E-state index in [0.29, 0.717) is 13.2 Å². The monoisotopic (exact) mass is 202 g/mol. The molecule has 0 aliphatic carbocycles. The fourth-order valence-corrected chi connectivity index (χ4v) is 0.862. The Kier molecular flexibility index (Phi) is 6.32. The van der Waals surface area contributed by atoms with Crippen LogP contribution in [0.2, 0.25) is 0 Å². The lowest BCUT2D eigenvalue weighted by Crippen LogP contribution is -2.27. The van der Waals surface area contributed by atoms with Gasteiger partial charge in [0.05, 0.1) is 0 Å². The zero-order chi connectivity index (χ0) is 8.81. The van der Waals surface area contributed by atoms with Crippen molar-refractivity contribution in [2.45, 2.75) is 6.92 Å². The average molecular weight is 203 g/mol. The minimum absolute atomic E-state index is 0. The number of ether oxygens (including phenoxy) is 1. The summed E-state index contributed by atoms with van der Waals surface area (Å²) in [6.45, 7) is 3.30. The van der Waals surface area contributed by atoms with Crippen LogP contribution in [0, 0.1) is 6.92 Å². The lowest BCUT2D eigenvalue weighted by atomic mass is 10.2. The number of benzene rings is 1. The highest BCUT2D eigenvalue weighted by atomic mass is 35.5. The van der Waals surface area contributed by atoms with Gasteiger partial charge in [-0.2, -0.15) is 0 Å². The van der Waals surface area contributed by atoms with Crippen molar-refractivity contribution < 1.29 is 4.74 Å². The van der Waals surface area contributed by atoms with Crippen molar-refractivity contribution in [1.29, 1.82) is 0 Å². The summed E-state index contributed by atoms with van der Waals surface area (Å²) in [5.74, 6) is 5.97. The molecule has 74 valence electrons. The maximum atomic E-state index is 5.36. The number of hydrogen-bond donors (Lipinski definition) is 2. The van der Waals surface area contributed by atoms with Crippen LogP contribution in [0.1, 0.15) is 5.56 Å². The third kappa shape index (κ3) is 4.72. The third-order valence-corrected chi connectivity index (χ3v) is 1.54. The number of hydrogen-bond acceptors (Lipinski definition) is 3. The average Bonchev–Trinajstić information content (AvgIpc) is 2.09. The second-order valence-electron chi connectivity index (χ2n) is 2.62. The highest BCUT2D eigenvalue weighted by molar-refractivity contribution is 5.85. The topological polar surface area (TPSA) is 47.3 Å². The second kappa shape index (κ2) is 6.71. The van der Waals surface area contributed by atoms with Crippen molar-refractivity contribution >= 4 is 12.4 Å². The molecule has 0 saturated heterocycles. The van der Waals surface area contributed by atoms with E-state index in [9.17, 15) is 0 Å². The van der Waals surface area contributed by atoms with E-state index in [2.05, 4.69) is 5.43 Å². The minimum atomic E-state index is 0. The molecular weight excluding hydrogens is 188 g/mol. The Balaban J connectivity index is 0.00000144. The molecule has 0 atom stereocenters. The van der Waals surface area contributed by atoms with Crippen LogP contribution in [0.15, 0.2) is 24.3 Å². The summed E-state index contributed by atoms with van der Waals surface area (Å²) < 4.78 is 5.36. The lowest BCUT2D eigenvalue weighted by molar-refractivity contribution is 0.315. The summed E-state index contributed by atoms with van der Waals surface area (Å²) in [5, 5.41) is 0. The standard InChI is InChI=1S/C9H14N2O.ClH/c1-8-2-4-9(5-3-8)12-7-6-11-10;/h2-5,11H,6-7,10H2,1H3;1H. The molecule has 0 fully saturated rings. The lowest BCUT2D eigenvalue weighted by Gasteiger charge is -2.04. The van der Waals surface area contributed by atoms with Crippen molar-refractivity contribution in [3.05, 3.63) is 29.8 Å². The van der Waals surface area contributed by atoms with Crippen molar-refractivity contribution in [1.82, 2.24) is 5.43 Å². The van der Waals surface area contributed by atoms with Gasteiger partial charge in [0, 0.05) is 6.54 Å². The Labute approximate surface area is 84.7 Å². The van der Waals surface area contributed by atoms with E-state index in [1.165, 1.54) is 5.56 Å². The zero-order valence-corrected chi connectivity index (χ0v) is 8.43. The first-order valence-corrected chi connectivity index (χ1v) is 3.96.